The quantitative estimate of drug-likeness (QED) is 0.882. The summed E-state index contributed by atoms with van der Waals surface area (Å²) in [6.07, 6.45) is -4.56. The maximum atomic E-state index is 12.9. The zero-order valence-corrected chi connectivity index (χ0v) is 12.3. The van der Waals surface area contributed by atoms with Crippen LogP contribution in [0.3, 0.4) is 0 Å². The normalized spacial score (nSPS) is 11.3. The summed E-state index contributed by atoms with van der Waals surface area (Å²) in [4.78, 5) is 23.6. The summed E-state index contributed by atoms with van der Waals surface area (Å²) in [6.45, 7) is 3.19. The molecule has 0 saturated carbocycles. The Bertz CT molecular complexity index is 828. The second-order valence-corrected chi connectivity index (χ2v) is 4.88. The monoisotopic (exact) mass is 322 g/mol. The van der Waals surface area contributed by atoms with Gasteiger partial charge in [0.05, 0.1) is 5.56 Å². The highest BCUT2D eigenvalue weighted by Crippen LogP contribution is 2.30. The molecule has 1 heterocycles. The number of nitrogens with zero attached hydrogens (tertiary/aromatic N) is 1. The lowest BCUT2D eigenvalue weighted by Crippen LogP contribution is -2.34. The first-order chi connectivity index (χ1) is 10.7. The number of alkyl halides is 3. The van der Waals surface area contributed by atoms with E-state index in [1.165, 1.54) is 18.2 Å². The number of benzene rings is 1. The van der Waals surface area contributed by atoms with Crippen LogP contribution in [0.4, 0.5) is 13.2 Å². The van der Waals surface area contributed by atoms with Crippen LogP contribution in [0.5, 0.6) is 0 Å². The lowest BCUT2D eigenvalue weighted by molar-refractivity contribution is -0.137. The third kappa shape index (κ3) is 3.15. The smallest absolute Gasteiger partial charge is 0.416 e. The molecule has 23 heavy (non-hydrogen) atoms. The molecule has 0 fully saturated rings. The SMILES string of the molecule is C[B]c1cc(C(=O)O)c(=O)n(-c2cccc(C(F)(F)F)c2)c1C. The van der Waals surface area contributed by atoms with E-state index >= 15 is 0 Å². The van der Waals surface area contributed by atoms with Crippen molar-refractivity contribution in [2.45, 2.75) is 19.9 Å². The highest BCUT2D eigenvalue weighted by Gasteiger charge is 2.30. The Kier molecular flexibility index (Phi) is 4.36. The van der Waals surface area contributed by atoms with Crippen molar-refractivity contribution < 1.29 is 23.1 Å². The van der Waals surface area contributed by atoms with Crippen molar-refractivity contribution in [3.05, 3.63) is 57.5 Å². The van der Waals surface area contributed by atoms with Crippen LogP contribution in [0, 0.1) is 6.92 Å². The Balaban J connectivity index is 2.80. The van der Waals surface area contributed by atoms with Gasteiger partial charge in [0.2, 0.25) is 0 Å². The van der Waals surface area contributed by atoms with Gasteiger partial charge in [0.1, 0.15) is 5.56 Å². The lowest BCUT2D eigenvalue weighted by Gasteiger charge is -2.16. The van der Waals surface area contributed by atoms with Crippen LogP contribution in [0.1, 0.15) is 21.6 Å². The maximum Gasteiger partial charge on any atom is 0.416 e. The molecule has 0 aliphatic carbocycles. The summed E-state index contributed by atoms with van der Waals surface area (Å²) < 4.78 is 39.5. The van der Waals surface area contributed by atoms with E-state index in [0.29, 0.717) is 11.2 Å². The van der Waals surface area contributed by atoms with Crippen LogP contribution < -0.4 is 11.0 Å². The maximum absolute atomic E-state index is 12.9. The number of aromatic carboxylic acids is 1. The molecular formula is C15H12BF3NO3. The first-order valence-corrected chi connectivity index (χ1v) is 6.63. The molecule has 0 aliphatic rings. The molecule has 4 nitrogen and oxygen atoms in total. The zero-order chi connectivity index (χ0) is 17.4. The minimum Gasteiger partial charge on any atom is -0.477 e. The highest BCUT2D eigenvalue weighted by molar-refractivity contribution is 6.52. The molecule has 0 spiro atoms. The van der Waals surface area contributed by atoms with Gasteiger partial charge in [0.25, 0.3) is 5.56 Å². The van der Waals surface area contributed by atoms with Gasteiger partial charge in [-0.1, -0.05) is 18.4 Å². The molecule has 1 radical (unpaired) electrons. The Labute approximate surface area is 130 Å². The van der Waals surface area contributed by atoms with Gasteiger partial charge in [-0.2, -0.15) is 13.2 Å². The molecule has 0 bridgehead atoms. The zero-order valence-electron chi connectivity index (χ0n) is 12.3. The molecule has 0 aliphatic heterocycles. The van der Waals surface area contributed by atoms with Crippen LogP contribution in [-0.4, -0.2) is 22.9 Å². The van der Waals surface area contributed by atoms with Crippen molar-refractivity contribution in [3.63, 3.8) is 0 Å². The van der Waals surface area contributed by atoms with Gasteiger partial charge >= 0.3 is 12.1 Å². The standard InChI is InChI=1S/C15H12BF3NO3/c1-8-12(16-2)7-11(14(22)23)13(21)20(8)10-5-3-4-9(6-10)15(17,18)19/h3-7H,1-2H3,(H,22,23). The van der Waals surface area contributed by atoms with Crippen LogP contribution in [-0.2, 0) is 6.18 Å². The number of carboxylic acid groups (broad SMARTS) is 1. The lowest BCUT2D eigenvalue weighted by atomic mass is 9.72. The third-order valence-electron chi connectivity index (χ3n) is 3.46. The Morgan fingerprint density at radius 1 is 1.26 bits per heavy atom. The molecule has 0 unspecified atom stereocenters. The topological polar surface area (TPSA) is 59.3 Å². The van der Waals surface area contributed by atoms with Gasteiger partial charge in [-0.15, -0.1) is 0 Å². The minimum atomic E-state index is -4.56. The summed E-state index contributed by atoms with van der Waals surface area (Å²) in [6, 6.07) is 5.42. The van der Waals surface area contributed by atoms with Gasteiger partial charge in [-0.05, 0) is 31.2 Å². The number of hydrogen-bond donors (Lipinski definition) is 1. The molecule has 119 valence electrons. The number of aromatic nitrogens is 1. The second-order valence-electron chi connectivity index (χ2n) is 4.88. The molecule has 0 saturated heterocycles. The van der Waals surface area contributed by atoms with Crippen molar-refractivity contribution >= 4 is 18.7 Å². The average Bonchev–Trinajstić information content (AvgIpc) is 2.46. The van der Waals surface area contributed by atoms with E-state index in [0.717, 1.165) is 16.7 Å². The van der Waals surface area contributed by atoms with Crippen molar-refractivity contribution in [2.75, 3.05) is 0 Å². The molecule has 0 atom stereocenters. The van der Waals surface area contributed by atoms with E-state index < -0.39 is 28.8 Å². The number of pyridine rings is 1. The molecule has 2 aromatic rings. The van der Waals surface area contributed by atoms with E-state index in [-0.39, 0.29) is 5.69 Å². The number of halogens is 3. The molecular weight excluding hydrogens is 310 g/mol. The predicted molar refractivity (Wildman–Crippen MR) is 80.0 cm³/mol. The van der Waals surface area contributed by atoms with Gasteiger partial charge < -0.3 is 5.11 Å². The number of carbonyl (C=O) groups is 1. The van der Waals surface area contributed by atoms with Crippen molar-refractivity contribution in [1.82, 2.24) is 4.57 Å². The molecule has 1 N–H and O–H groups in total. The van der Waals surface area contributed by atoms with Crippen molar-refractivity contribution in [1.29, 1.82) is 0 Å². The van der Waals surface area contributed by atoms with Gasteiger partial charge in [0, 0.05) is 11.4 Å². The Morgan fingerprint density at radius 2 is 1.91 bits per heavy atom. The van der Waals surface area contributed by atoms with E-state index in [1.807, 2.05) is 0 Å². The molecule has 2 rings (SSSR count). The fourth-order valence-corrected chi connectivity index (χ4v) is 2.30. The van der Waals surface area contributed by atoms with Crippen LogP contribution in [0.25, 0.3) is 5.69 Å². The van der Waals surface area contributed by atoms with Crippen molar-refractivity contribution in [3.8, 4) is 5.69 Å². The predicted octanol–water partition coefficient (Wildman–Crippen LogP) is 2.24. The molecule has 1 aromatic heterocycles. The number of carboxylic acids is 1. The number of hydrogen-bond acceptors (Lipinski definition) is 2. The largest absolute Gasteiger partial charge is 0.477 e. The van der Waals surface area contributed by atoms with Gasteiger partial charge in [0.15, 0.2) is 7.28 Å². The van der Waals surface area contributed by atoms with Crippen LogP contribution in [0.2, 0.25) is 6.82 Å². The fraction of sp³-hybridized carbons (Fsp3) is 0.200. The van der Waals surface area contributed by atoms with Crippen LogP contribution in [0.15, 0.2) is 35.1 Å². The van der Waals surface area contributed by atoms with Crippen molar-refractivity contribution in [2.24, 2.45) is 0 Å². The summed E-state index contributed by atoms with van der Waals surface area (Å²) in [7, 11) is 1.59. The fourth-order valence-electron chi connectivity index (χ4n) is 2.30. The van der Waals surface area contributed by atoms with E-state index in [9.17, 15) is 22.8 Å². The van der Waals surface area contributed by atoms with Gasteiger partial charge in [-0.3, -0.25) is 9.36 Å². The molecule has 0 amide bonds. The Hall–Kier alpha value is -2.51. The average molecular weight is 322 g/mol. The minimum absolute atomic E-state index is 0.0338. The van der Waals surface area contributed by atoms with E-state index in [1.54, 1.807) is 21.0 Å². The van der Waals surface area contributed by atoms with E-state index in [4.69, 9.17) is 5.11 Å². The summed E-state index contributed by atoms with van der Waals surface area (Å²) in [5.41, 5.74) is -1.50. The third-order valence-corrected chi connectivity index (χ3v) is 3.46. The van der Waals surface area contributed by atoms with Gasteiger partial charge in [-0.25, -0.2) is 4.79 Å². The first-order valence-electron chi connectivity index (χ1n) is 6.63. The Morgan fingerprint density at radius 3 is 2.43 bits per heavy atom. The van der Waals surface area contributed by atoms with Crippen LogP contribution >= 0.6 is 0 Å². The van der Waals surface area contributed by atoms with E-state index in [2.05, 4.69) is 0 Å². The molecule has 8 heteroatoms. The first kappa shape index (κ1) is 16.9. The summed E-state index contributed by atoms with van der Waals surface area (Å²) in [5, 5.41) is 9.12. The molecule has 1 aromatic carbocycles. The number of rotatable bonds is 3. The summed E-state index contributed by atoms with van der Waals surface area (Å²) >= 11 is 0. The highest BCUT2D eigenvalue weighted by atomic mass is 19.4. The second kappa shape index (κ2) is 5.94. The summed E-state index contributed by atoms with van der Waals surface area (Å²) in [5.74, 6) is -1.43.